The molecular formula is C27H31Cl2N7OS. The number of halogens is 2. The molecule has 0 bridgehead atoms. The summed E-state index contributed by atoms with van der Waals surface area (Å²) in [6, 6.07) is 10.1. The van der Waals surface area contributed by atoms with Gasteiger partial charge in [0.1, 0.15) is 21.8 Å². The van der Waals surface area contributed by atoms with E-state index in [2.05, 4.69) is 27.3 Å². The van der Waals surface area contributed by atoms with Crippen LogP contribution in [-0.2, 0) is 16.5 Å². The van der Waals surface area contributed by atoms with E-state index in [4.69, 9.17) is 33.0 Å². The van der Waals surface area contributed by atoms with Crippen molar-refractivity contribution >= 4 is 49.7 Å². The van der Waals surface area contributed by atoms with Crippen LogP contribution < -0.4 is 5.32 Å². The summed E-state index contributed by atoms with van der Waals surface area (Å²) in [5, 5.41) is 15.8. The van der Waals surface area contributed by atoms with Gasteiger partial charge in [0, 0.05) is 61.0 Å². The van der Waals surface area contributed by atoms with Gasteiger partial charge in [-0.1, -0.05) is 23.2 Å². The normalized spacial score (nSPS) is 19.7. The van der Waals surface area contributed by atoms with Gasteiger partial charge in [0.2, 0.25) is 0 Å². The van der Waals surface area contributed by atoms with E-state index in [0.29, 0.717) is 34.6 Å². The molecule has 0 amide bonds. The second-order valence-electron chi connectivity index (χ2n) is 10.2. The summed E-state index contributed by atoms with van der Waals surface area (Å²) in [6.07, 6.45) is 8.93. The number of benzene rings is 1. The fourth-order valence-electron chi connectivity index (χ4n) is 5.50. The molecule has 1 atom stereocenters. The van der Waals surface area contributed by atoms with Crippen LogP contribution in [-0.4, -0.2) is 61.9 Å². The van der Waals surface area contributed by atoms with Crippen LogP contribution in [0.15, 0.2) is 36.7 Å². The zero-order chi connectivity index (χ0) is 26.9. The Morgan fingerprint density at radius 1 is 1.11 bits per heavy atom. The summed E-state index contributed by atoms with van der Waals surface area (Å²) < 4.78 is 21.6. The number of likely N-dealkylation sites (tertiary alicyclic amines) is 1. The lowest BCUT2D eigenvalue weighted by Crippen LogP contribution is -2.41. The molecule has 4 heterocycles. The quantitative estimate of drug-likeness (QED) is 0.395. The van der Waals surface area contributed by atoms with Crippen LogP contribution in [0.5, 0.6) is 0 Å². The summed E-state index contributed by atoms with van der Waals surface area (Å²) in [5.41, 5.74) is 2.45. The second kappa shape index (κ2) is 11.3. The van der Waals surface area contributed by atoms with Crippen LogP contribution in [0.3, 0.4) is 0 Å². The number of piperidine rings is 2. The van der Waals surface area contributed by atoms with Gasteiger partial charge >= 0.3 is 0 Å². The lowest BCUT2D eigenvalue weighted by Gasteiger charge is -2.33. The van der Waals surface area contributed by atoms with E-state index in [1.165, 1.54) is 6.26 Å². The maximum absolute atomic E-state index is 12.0. The Labute approximate surface area is 234 Å². The predicted molar refractivity (Wildman–Crippen MR) is 153 cm³/mol. The molecule has 2 aliphatic rings. The van der Waals surface area contributed by atoms with Gasteiger partial charge in [-0.2, -0.15) is 5.26 Å². The summed E-state index contributed by atoms with van der Waals surface area (Å²) in [5.74, 6) is 1.19. The van der Waals surface area contributed by atoms with Crippen LogP contribution in [0.4, 0.5) is 5.82 Å². The molecule has 200 valence electrons. The molecular weight excluding hydrogens is 541 g/mol. The molecule has 0 radical (unpaired) electrons. The van der Waals surface area contributed by atoms with Crippen molar-refractivity contribution in [2.24, 2.45) is 0 Å². The van der Waals surface area contributed by atoms with E-state index >= 15 is 0 Å². The molecule has 38 heavy (non-hydrogen) atoms. The van der Waals surface area contributed by atoms with E-state index < -0.39 is 9.92 Å². The van der Waals surface area contributed by atoms with Crippen molar-refractivity contribution in [3.63, 3.8) is 0 Å². The largest absolute Gasteiger partial charge is 0.367 e. The van der Waals surface area contributed by atoms with Gasteiger partial charge in [-0.15, -0.1) is 0 Å². The van der Waals surface area contributed by atoms with E-state index in [1.54, 1.807) is 4.31 Å². The number of nitriles is 1. The summed E-state index contributed by atoms with van der Waals surface area (Å²) >= 11 is 12.5. The minimum absolute atomic E-state index is 0.241. The van der Waals surface area contributed by atoms with Crippen molar-refractivity contribution in [3.8, 4) is 6.07 Å². The SMILES string of the molecule is CS(=N)(=O)N1CCC(Nc2cc3c(C4CCN(Cc5cc(Cl)c(C#N)c(Cl)c5)CC4)nccc3cn2)CC1. The highest BCUT2D eigenvalue weighted by atomic mass is 35.5. The lowest BCUT2D eigenvalue weighted by atomic mass is 9.90. The third kappa shape index (κ3) is 6.05. The Balaban J connectivity index is 1.25. The molecule has 8 nitrogen and oxygen atoms in total. The maximum Gasteiger partial charge on any atom is 0.126 e. The molecule has 2 aromatic heterocycles. The Bertz CT molecular complexity index is 1450. The number of aromatic nitrogens is 2. The Morgan fingerprint density at radius 2 is 1.79 bits per heavy atom. The molecule has 0 aliphatic carbocycles. The number of rotatable bonds is 6. The zero-order valence-corrected chi connectivity index (χ0v) is 23.6. The van der Waals surface area contributed by atoms with Crippen LogP contribution in [0.1, 0.15) is 48.4 Å². The first-order chi connectivity index (χ1) is 18.2. The molecule has 11 heteroatoms. The van der Waals surface area contributed by atoms with Crippen molar-refractivity contribution in [2.45, 2.75) is 44.2 Å². The average molecular weight is 573 g/mol. The second-order valence-corrected chi connectivity index (χ2v) is 13.2. The Kier molecular flexibility index (Phi) is 8.08. The smallest absolute Gasteiger partial charge is 0.126 e. The number of pyridine rings is 2. The first kappa shape index (κ1) is 27.1. The van der Waals surface area contributed by atoms with E-state index in [1.807, 2.05) is 30.6 Å². The Morgan fingerprint density at radius 3 is 2.42 bits per heavy atom. The first-order valence-electron chi connectivity index (χ1n) is 12.8. The van der Waals surface area contributed by atoms with Crippen molar-refractivity contribution < 1.29 is 4.21 Å². The lowest BCUT2D eigenvalue weighted by molar-refractivity contribution is 0.204. The minimum atomic E-state index is -2.64. The highest BCUT2D eigenvalue weighted by Gasteiger charge is 2.25. The van der Waals surface area contributed by atoms with Gasteiger partial charge in [0.25, 0.3) is 0 Å². The van der Waals surface area contributed by atoms with Gasteiger partial charge in [0.05, 0.1) is 21.3 Å². The van der Waals surface area contributed by atoms with Crippen LogP contribution in [0.25, 0.3) is 10.8 Å². The van der Waals surface area contributed by atoms with Crippen molar-refractivity contribution in [1.29, 1.82) is 10.0 Å². The first-order valence-corrected chi connectivity index (χ1v) is 15.5. The molecule has 2 aliphatic heterocycles. The molecule has 2 fully saturated rings. The van der Waals surface area contributed by atoms with Crippen LogP contribution in [0.2, 0.25) is 10.0 Å². The minimum Gasteiger partial charge on any atom is -0.367 e. The van der Waals surface area contributed by atoms with E-state index in [0.717, 1.165) is 73.2 Å². The average Bonchev–Trinajstić information content (AvgIpc) is 2.88. The highest BCUT2D eigenvalue weighted by molar-refractivity contribution is 7.89. The van der Waals surface area contributed by atoms with Crippen LogP contribution in [0, 0.1) is 16.1 Å². The van der Waals surface area contributed by atoms with Crippen molar-refractivity contribution in [2.75, 3.05) is 37.8 Å². The number of fused-ring (bicyclic) bond motifs is 1. The fraction of sp³-hybridized carbons (Fsp3) is 0.444. The van der Waals surface area contributed by atoms with Gasteiger partial charge < -0.3 is 5.32 Å². The molecule has 1 unspecified atom stereocenters. The molecule has 0 saturated carbocycles. The number of anilines is 1. The molecule has 2 saturated heterocycles. The molecule has 1 aromatic carbocycles. The monoisotopic (exact) mass is 571 g/mol. The van der Waals surface area contributed by atoms with Gasteiger partial charge in [0.15, 0.2) is 0 Å². The topological polar surface area (TPSA) is 109 Å². The third-order valence-electron chi connectivity index (χ3n) is 7.57. The van der Waals surface area contributed by atoms with Crippen molar-refractivity contribution in [1.82, 2.24) is 19.2 Å². The standard InChI is InChI=1S/C27H31Cl2N7OS/c1-38(31,37)36-10-5-21(6-11-36)34-26-14-22-20(16-33-26)2-7-32-27(22)19-3-8-35(9-4-19)17-18-12-24(28)23(15-30)25(29)13-18/h2,7,12-14,16,19,21,31H,3-6,8-11,17H2,1H3,(H,33,34). The van der Waals surface area contributed by atoms with Crippen LogP contribution >= 0.6 is 23.2 Å². The van der Waals surface area contributed by atoms with Crippen molar-refractivity contribution in [3.05, 3.63) is 63.5 Å². The van der Waals surface area contributed by atoms with Gasteiger partial charge in [-0.25, -0.2) is 18.3 Å². The number of hydrogen-bond donors (Lipinski definition) is 2. The summed E-state index contributed by atoms with van der Waals surface area (Å²) in [7, 11) is -2.64. The predicted octanol–water partition coefficient (Wildman–Crippen LogP) is 5.66. The number of nitrogens with one attached hydrogen (secondary N) is 2. The fourth-order valence-corrected chi connectivity index (χ4v) is 7.02. The highest BCUT2D eigenvalue weighted by Crippen LogP contribution is 2.34. The third-order valence-corrected chi connectivity index (χ3v) is 9.52. The van der Waals surface area contributed by atoms with E-state index in [9.17, 15) is 9.47 Å². The molecule has 3 aromatic rings. The maximum atomic E-state index is 12.0. The molecule has 5 rings (SSSR count). The Hall–Kier alpha value is -2.48. The van der Waals surface area contributed by atoms with Gasteiger partial charge in [-0.05, 0) is 68.6 Å². The number of hydrogen-bond acceptors (Lipinski definition) is 7. The van der Waals surface area contributed by atoms with Gasteiger partial charge in [-0.3, -0.25) is 9.88 Å². The summed E-state index contributed by atoms with van der Waals surface area (Å²) in [6.45, 7) is 3.91. The van der Waals surface area contributed by atoms with E-state index in [-0.39, 0.29) is 6.04 Å². The zero-order valence-electron chi connectivity index (χ0n) is 21.3. The molecule has 0 spiro atoms. The summed E-state index contributed by atoms with van der Waals surface area (Å²) in [4.78, 5) is 11.8. The number of nitrogens with zero attached hydrogens (tertiary/aromatic N) is 5. The molecule has 2 N–H and O–H groups in total.